The molecule has 0 bridgehead atoms. The fourth-order valence-corrected chi connectivity index (χ4v) is 2.17. The van der Waals surface area contributed by atoms with Gasteiger partial charge < -0.3 is 19.7 Å². The zero-order valence-corrected chi connectivity index (χ0v) is 13.8. The fourth-order valence-electron chi connectivity index (χ4n) is 2.17. The largest absolute Gasteiger partial charge is 0.460 e. The Bertz CT molecular complexity index is 493. The van der Waals surface area contributed by atoms with Gasteiger partial charge in [0.05, 0.1) is 25.4 Å². The highest BCUT2D eigenvalue weighted by atomic mass is 16.6. The van der Waals surface area contributed by atoms with Crippen LogP contribution in [0.3, 0.4) is 0 Å². The molecule has 0 spiro atoms. The topological polar surface area (TPSA) is 76.0 Å². The summed E-state index contributed by atoms with van der Waals surface area (Å²) in [6, 6.07) is 6.77. The van der Waals surface area contributed by atoms with E-state index in [1.807, 2.05) is 19.9 Å². The molecule has 0 aliphatic heterocycles. The third-order valence-electron chi connectivity index (χ3n) is 3.38. The van der Waals surface area contributed by atoms with E-state index in [0.717, 1.165) is 24.0 Å². The second kappa shape index (κ2) is 10.9. The smallest absolute Gasteiger partial charge is 0.338 e. The van der Waals surface area contributed by atoms with E-state index in [0.29, 0.717) is 5.56 Å². The highest BCUT2D eigenvalue weighted by Crippen LogP contribution is 2.24. The van der Waals surface area contributed by atoms with Gasteiger partial charge in [0.2, 0.25) is 0 Å². The van der Waals surface area contributed by atoms with Gasteiger partial charge in [0.15, 0.2) is 0 Å². The van der Waals surface area contributed by atoms with Crippen LogP contribution in [0.4, 0.5) is 0 Å². The van der Waals surface area contributed by atoms with Crippen LogP contribution in [-0.2, 0) is 9.47 Å². The maximum atomic E-state index is 11.9. The summed E-state index contributed by atoms with van der Waals surface area (Å²) in [6.07, 6.45) is 3.05. The van der Waals surface area contributed by atoms with Crippen molar-refractivity contribution in [3.8, 4) is 0 Å². The molecule has 2 N–H and O–H groups in total. The number of carbonyl (C=O) groups excluding carboxylic acids is 1. The van der Waals surface area contributed by atoms with Gasteiger partial charge in [0.1, 0.15) is 12.7 Å². The lowest BCUT2D eigenvalue weighted by molar-refractivity contribution is 0.0258. The Morgan fingerprint density at radius 1 is 1.17 bits per heavy atom. The Kier molecular flexibility index (Phi) is 9.21. The van der Waals surface area contributed by atoms with Crippen molar-refractivity contribution in [2.75, 3.05) is 26.4 Å². The summed E-state index contributed by atoms with van der Waals surface area (Å²) in [5.41, 5.74) is 2.17. The molecule has 0 heterocycles. The van der Waals surface area contributed by atoms with Crippen LogP contribution in [-0.4, -0.2) is 42.6 Å². The first-order chi connectivity index (χ1) is 11.1. The Morgan fingerprint density at radius 2 is 1.87 bits per heavy atom. The second-order valence-corrected chi connectivity index (χ2v) is 5.04. The second-order valence-electron chi connectivity index (χ2n) is 5.04. The van der Waals surface area contributed by atoms with Gasteiger partial charge in [-0.05, 0) is 36.1 Å². The lowest BCUT2D eigenvalue weighted by Crippen LogP contribution is -2.12. The van der Waals surface area contributed by atoms with Crippen LogP contribution in [0.1, 0.15) is 48.7 Å². The lowest BCUT2D eigenvalue weighted by Gasteiger charge is -2.14. The third-order valence-corrected chi connectivity index (χ3v) is 3.38. The minimum atomic E-state index is -0.642. The fraction of sp³-hybridized carbons (Fsp3) is 0.500. The number of aliphatic hydroxyl groups excluding tert-OH is 2. The van der Waals surface area contributed by atoms with Crippen LogP contribution in [0, 0.1) is 0 Å². The Morgan fingerprint density at radius 3 is 2.43 bits per heavy atom. The van der Waals surface area contributed by atoms with Crippen LogP contribution in [0.25, 0.3) is 0 Å². The van der Waals surface area contributed by atoms with E-state index in [1.165, 1.54) is 0 Å². The van der Waals surface area contributed by atoms with Crippen LogP contribution in [0.15, 0.2) is 35.9 Å². The van der Waals surface area contributed by atoms with Gasteiger partial charge >= 0.3 is 5.97 Å². The number of hydrogen-bond acceptors (Lipinski definition) is 5. The highest BCUT2D eigenvalue weighted by Gasteiger charge is 2.13. The zero-order valence-electron chi connectivity index (χ0n) is 13.8. The molecule has 1 atom stereocenters. The number of ether oxygens (including phenoxy) is 2. The van der Waals surface area contributed by atoms with Crippen molar-refractivity contribution < 1.29 is 24.5 Å². The Labute approximate surface area is 137 Å². The standard InChI is InChI=1S/C18H26O5/c1-3-5-14(4-2)17(20)15-6-8-16(9-7-15)18(21)23-13-12-22-11-10-19/h5-9,17,19-20H,3-4,10-13H2,1-2H3. The van der Waals surface area contributed by atoms with Gasteiger partial charge in [-0.25, -0.2) is 4.79 Å². The maximum Gasteiger partial charge on any atom is 0.338 e. The van der Waals surface area contributed by atoms with E-state index >= 15 is 0 Å². The van der Waals surface area contributed by atoms with Crippen LogP contribution in [0.5, 0.6) is 0 Å². The van der Waals surface area contributed by atoms with Gasteiger partial charge in [-0.3, -0.25) is 0 Å². The highest BCUT2D eigenvalue weighted by molar-refractivity contribution is 5.89. The monoisotopic (exact) mass is 322 g/mol. The van der Waals surface area contributed by atoms with E-state index < -0.39 is 12.1 Å². The van der Waals surface area contributed by atoms with Gasteiger partial charge in [0.25, 0.3) is 0 Å². The van der Waals surface area contributed by atoms with E-state index in [-0.39, 0.29) is 26.4 Å². The summed E-state index contributed by atoms with van der Waals surface area (Å²) >= 11 is 0. The van der Waals surface area contributed by atoms with Crippen molar-refractivity contribution in [1.82, 2.24) is 0 Å². The van der Waals surface area contributed by atoms with Crippen LogP contribution < -0.4 is 0 Å². The van der Waals surface area contributed by atoms with Crippen molar-refractivity contribution >= 4 is 5.97 Å². The first kappa shape index (κ1) is 19.4. The SMILES string of the molecule is CCC=C(CC)C(O)c1ccc(C(=O)OCCOCCO)cc1. The average Bonchev–Trinajstić information content (AvgIpc) is 2.59. The molecule has 1 unspecified atom stereocenters. The molecular weight excluding hydrogens is 296 g/mol. The van der Waals surface area contributed by atoms with Crippen molar-refractivity contribution in [1.29, 1.82) is 0 Å². The molecule has 0 aliphatic rings. The molecule has 128 valence electrons. The van der Waals surface area contributed by atoms with Crippen molar-refractivity contribution in [2.24, 2.45) is 0 Å². The molecule has 0 amide bonds. The quantitative estimate of drug-likeness (QED) is 0.393. The molecule has 23 heavy (non-hydrogen) atoms. The van der Waals surface area contributed by atoms with E-state index in [1.54, 1.807) is 24.3 Å². The number of esters is 1. The van der Waals surface area contributed by atoms with Crippen LogP contribution >= 0.6 is 0 Å². The molecule has 0 saturated carbocycles. The number of hydrogen-bond donors (Lipinski definition) is 2. The van der Waals surface area contributed by atoms with Crippen molar-refractivity contribution in [3.63, 3.8) is 0 Å². The van der Waals surface area contributed by atoms with Gasteiger partial charge in [-0.1, -0.05) is 32.1 Å². The molecule has 0 fully saturated rings. The van der Waals surface area contributed by atoms with E-state index in [2.05, 4.69) is 0 Å². The Balaban J connectivity index is 2.58. The number of rotatable bonds is 10. The van der Waals surface area contributed by atoms with Crippen molar-refractivity contribution in [3.05, 3.63) is 47.0 Å². The van der Waals surface area contributed by atoms with Gasteiger partial charge in [0, 0.05) is 0 Å². The number of carbonyl (C=O) groups is 1. The molecule has 5 heteroatoms. The summed E-state index contributed by atoms with van der Waals surface area (Å²) in [5.74, 6) is -0.432. The zero-order chi connectivity index (χ0) is 17.1. The van der Waals surface area contributed by atoms with E-state index in [4.69, 9.17) is 14.6 Å². The van der Waals surface area contributed by atoms with Gasteiger partial charge in [-0.15, -0.1) is 0 Å². The predicted molar refractivity (Wildman–Crippen MR) is 88.3 cm³/mol. The average molecular weight is 322 g/mol. The Hall–Kier alpha value is -1.69. The molecule has 1 aromatic rings. The molecule has 1 aromatic carbocycles. The summed E-state index contributed by atoms with van der Waals surface area (Å²) < 4.78 is 10.1. The normalized spacial score (nSPS) is 13.0. The predicted octanol–water partition coefficient (Wildman–Crippen LogP) is 2.63. The van der Waals surface area contributed by atoms with E-state index in [9.17, 15) is 9.90 Å². The molecule has 0 aromatic heterocycles. The van der Waals surface area contributed by atoms with Crippen LogP contribution in [0.2, 0.25) is 0 Å². The van der Waals surface area contributed by atoms with Gasteiger partial charge in [-0.2, -0.15) is 0 Å². The first-order valence-corrected chi connectivity index (χ1v) is 7.96. The molecule has 0 radical (unpaired) electrons. The molecule has 5 nitrogen and oxygen atoms in total. The maximum absolute atomic E-state index is 11.9. The molecular formula is C18H26O5. The molecule has 1 rings (SSSR count). The number of allylic oxidation sites excluding steroid dienone is 1. The minimum absolute atomic E-state index is 0.0516. The molecule has 0 saturated heterocycles. The third kappa shape index (κ3) is 6.52. The first-order valence-electron chi connectivity index (χ1n) is 7.96. The molecule has 0 aliphatic carbocycles. The summed E-state index contributed by atoms with van der Waals surface area (Å²) in [5, 5.41) is 18.9. The summed E-state index contributed by atoms with van der Waals surface area (Å²) in [4.78, 5) is 11.9. The number of benzene rings is 1. The number of aliphatic hydroxyl groups is 2. The minimum Gasteiger partial charge on any atom is -0.460 e. The summed E-state index contributed by atoms with van der Waals surface area (Å²) in [6.45, 7) is 4.62. The van der Waals surface area contributed by atoms with Crippen molar-refractivity contribution in [2.45, 2.75) is 32.8 Å². The summed E-state index contributed by atoms with van der Waals surface area (Å²) in [7, 11) is 0. The lowest BCUT2D eigenvalue weighted by atomic mass is 9.98.